The molecule has 0 amide bonds. The van der Waals surface area contributed by atoms with Crippen LogP contribution in [0.25, 0.3) is 10.2 Å². The summed E-state index contributed by atoms with van der Waals surface area (Å²) in [6.07, 6.45) is 4.37. The van der Waals surface area contributed by atoms with Crippen molar-refractivity contribution in [1.82, 2.24) is 15.0 Å². The van der Waals surface area contributed by atoms with Gasteiger partial charge in [-0.05, 0) is 55.1 Å². The number of hydrogen-bond donors (Lipinski definition) is 2. The number of hydrogen-bond acceptors (Lipinski definition) is 6. The average molecular weight is 421 g/mol. The fourth-order valence-corrected chi connectivity index (χ4v) is 3.92. The molecular weight excluding hydrogens is 401 g/mol. The van der Waals surface area contributed by atoms with Crippen molar-refractivity contribution in [3.8, 4) is 0 Å². The third-order valence-corrected chi connectivity index (χ3v) is 5.03. The first-order valence-electron chi connectivity index (χ1n) is 7.38. The first kappa shape index (κ1) is 21.9. The number of halogens is 3. The van der Waals surface area contributed by atoms with Gasteiger partial charge in [0, 0.05) is 29.9 Å². The van der Waals surface area contributed by atoms with Crippen LogP contribution in [-0.2, 0) is 13.0 Å². The summed E-state index contributed by atoms with van der Waals surface area (Å²) in [6.45, 7) is 4.72. The molecule has 0 aliphatic carbocycles. The summed E-state index contributed by atoms with van der Waals surface area (Å²) in [5.74, 6) is 0.765. The van der Waals surface area contributed by atoms with Crippen LogP contribution in [0.1, 0.15) is 22.9 Å². The summed E-state index contributed by atoms with van der Waals surface area (Å²) in [4.78, 5) is 14.0. The van der Waals surface area contributed by atoms with E-state index in [2.05, 4.69) is 27.2 Å². The molecule has 0 saturated heterocycles. The maximum absolute atomic E-state index is 6.10. The monoisotopic (exact) mass is 419 g/mol. The lowest BCUT2D eigenvalue weighted by molar-refractivity contribution is 0.744. The summed E-state index contributed by atoms with van der Waals surface area (Å²) >= 11 is 7.78. The molecule has 3 N–H and O–H groups in total. The van der Waals surface area contributed by atoms with Crippen LogP contribution in [0.3, 0.4) is 0 Å². The van der Waals surface area contributed by atoms with E-state index < -0.39 is 0 Å². The SMILES string of the molecule is Cc1c(C[C@H](C)N)sc2c(NCc3ccncc3)nc(Cl)nc12.Cl.Cl. The van der Waals surface area contributed by atoms with E-state index in [0.717, 1.165) is 33.6 Å². The summed E-state index contributed by atoms with van der Waals surface area (Å²) in [7, 11) is 0. The van der Waals surface area contributed by atoms with Gasteiger partial charge in [0.15, 0.2) is 0 Å². The van der Waals surface area contributed by atoms with E-state index in [0.29, 0.717) is 6.54 Å². The van der Waals surface area contributed by atoms with Crippen LogP contribution >= 0.6 is 47.8 Å². The lowest BCUT2D eigenvalue weighted by Gasteiger charge is -2.07. The van der Waals surface area contributed by atoms with Gasteiger partial charge in [0.25, 0.3) is 0 Å². The third-order valence-electron chi connectivity index (χ3n) is 3.55. The molecule has 0 fully saturated rings. The molecule has 0 spiro atoms. The van der Waals surface area contributed by atoms with Crippen LogP contribution in [-0.4, -0.2) is 21.0 Å². The molecule has 0 radical (unpaired) electrons. The van der Waals surface area contributed by atoms with E-state index in [1.54, 1.807) is 23.7 Å². The second-order valence-corrected chi connectivity index (χ2v) is 7.00. The highest BCUT2D eigenvalue weighted by Gasteiger charge is 2.16. The Hall–Kier alpha value is -1.18. The van der Waals surface area contributed by atoms with Crippen LogP contribution in [0, 0.1) is 6.92 Å². The quantitative estimate of drug-likeness (QED) is 0.598. The fraction of sp³-hybridized carbons (Fsp3) is 0.312. The van der Waals surface area contributed by atoms with Crippen molar-refractivity contribution in [2.45, 2.75) is 32.9 Å². The van der Waals surface area contributed by atoms with E-state index in [1.165, 1.54) is 4.88 Å². The summed E-state index contributed by atoms with van der Waals surface area (Å²) in [5.41, 5.74) is 9.12. The van der Waals surface area contributed by atoms with Crippen molar-refractivity contribution in [2.24, 2.45) is 5.73 Å². The Bertz CT molecular complexity index is 823. The lowest BCUT2D eigenvalue weighted by atomic mass is 10.1. The molecule has 0 aromatic carbocycles. The molecule has 25 heavy (non-hydrogen) atoms. The van der Waals surface area contributed by atoms with Gasteiger partial charge in [-0.15, -0.1) is 36.2 Å². The van der Waals surface area contributed by atoms with Gasteiger partial charge >= 0.3 is 0 Å². The minimum atomic E-state index is 0. The Morgan fingerprint density at radius 1 is 1.24 bits per heavy atom. The number of rotatable bonds is 5. The molecule has 9 heteroatoms. The predicted molar refractivity (Wildman–Crippen MR) is 111 cm³/mol. The second kappa shape index (κ2) is 9.50. The van der Waals surface area contributed by atoms with E-state index in [9.17, 15) is 0 Å². The third kappa shape index (κ3) is 5.15. The molecule has 0 saturated carbocycles. The Balaban J connectivity index is 0.00000156. The number of fused-ring (bicyclic) bond motifs is 1. The highest BCUT2D eigenvalue weighted by molar-refractivity contribution is 7.19. The van der Waals surface area contributed by atoms with Crippen molar-refractivity contribution in [3.05, 3.63) is 45.8 Å². The van der Waals surface area contributed by atoms with E-state index in [-0.39, 0.29) is 36.1 Å². The van der Waals surface area contributed by atoms with Gasteiger partial charge in [0.2, 0.25) is 5.28 Å². The van der Waals surface area contributed by atoms with Crippen molar-refractivity contribution in [1.29, 1.82) is 0 Å². The van der Waals surface area contributed by atoms with Gasteiger partial charge in [-0.25, -0.2) is 4.98 Å². The number of thiophene rings is 1. The summed E-state index contributed by atoms with van der Waals surface area (Å²) < 4.78 is 1.02. The minimum absolute atomic E-state index is 0. The van der Waals surface area contributed by atoms with Crippen molar-refractivity contribution in [2.75, 3.05) is 5.32 Å². The molecule has 0 bridgehead atoms. The Kier molecular flexibility index (Phi) is 8.31. The van der Waals surface area contributed by atoms with E-state index >= 15 is 0 Å². The Morgan fingerprint density at radius 2 is 1.92 bits per heavy atom. The second-order valence-electron chi connectivity index (χ2n) is 5.56. The van der Waals surface area contributed by atoms with Crippen LogP contribution in [0.2, 0.25) is 5.28 Å². The van der Waals surface area contributed by atoms with Gasteiger partial charge < -0.3 is 11.1 Å². The fourth-order valence-electron chi connectivity index (χ4n) is 2.40. The predicted octanol–water partition coefficient (Wildman–Crippen LogP) is 4.39. The van der Waals surface area contributed by atoms with Crippen molar-refractivity contribution < 1.29 is 0 Å². The van der Waals surface area contributed by atoms with E-state index in [4.69, 9.17) is 17.3 Å². The number of anilines is 1. The molecule has 5 nitrogen and oxygen atoms in total. The largest absolute Gasteiger partial charge is 0.365 e. The van der Waals surface area contributed by atoms with Gasteiger partial charge in [-0.1, -0.05) is 0 Å². The molecule has 0 aliphatic rings. The Labute approximate surface area is 168 Å². The van der Waals surface area contributed by atoms with E-state index in [1.807, 2.05) is 19.1 Å². The summed E-state index contributed by atoms with van der Waals surface area (Å²) in [5, 5.41) is 3.61. The normalized spacial score (nSPS) is 11.5. The average Bonchev–Trinajstić information content (AvgIpc) is 2.82. The van der Waals surface area contributed by atoms with Gasteiger partial charge in [0.1, 0.15) is 5.82 Å². The number of pyridine rings is 1. The first-order valence-corrected chi connectivity index (χ1v) is 8.58. The first-order chi connectivity index (χ1) is 11.0. The number of nitrogens with one attached hydrogen (secondary N) is 1. The number of aryl methyl sites for hydroxylation is 1. The standard InChI is InChI=1S/C16H18ClN5S.2ClH/c1-9(18)7-12-10(2)13-14(23-12)15(22-16(17)21-13)20-8-11-3-5-19-6-4-11;;/h3-6,9H,7-8,18H2,1-2H3,(H,20,21,22);2*1H/t9-;;/m0../s1. The molecule has 1 atom stereocenters. The highest BCUT2D eigenvalue weighted by Crippen LogP contribution is 2.35. The molecule has 3 aromatic rings. The molecule has 136 valence electrons. The molecule has 0 aliphatic heterocycles. The highest BCUT2D eigenvalue weighted by atomic mass is 35.5. The molecule has 3 aromatic heterocycles. The Morgan fingerprint density at radius 3 is 2.56 bits per heavy atom. The van der Waals surface area contributed by atoms with Gasteiger partial charge in [0.05, 0.1) is 10.2 Å². The van der Waals surface area contributed by atoms with Crippen LogP contribution in [0.4, 0.5) is 5.82 Å². The van der Waals surface area contributed by atoms with Gasteiger partial charge in [-0.2, -0.15) is 4.98 Å². The molecule has 0 unspecified atom stereocenters. The minimum Gasteiger partial charge on any atom is -0.365 e. The number of nitrogens with two attached hydrogens (primary N) is 1. The maximum Gasteiger partial charge on any atom is 0.224 e. The smallest absolute Gasteiger partial charge is 0.224 e. The van der Waals surface area contributed by atoms with Crippen LogP contribution < -0.4 is 11.1 Å². The van der Waals surface area contributed by atoms with Crippen molar-refractivity contribution in [3.63, 3.8) is 0 Å². The van der Waals surface area contributed by atoms with Crippen molar-refractivity contribution >= 4 is 63.8 Å². The summed E-state index contributed by atoms with van der Waals surface area (Å²) in [6, 6.07) is 4.04. The zero-order chi connectivity index (χ0) is 16.4. The zero-order valence-corrected chi connectivity index (χ0v) is 17.0. The maximum atomic E-state index is 6.10. The molecular formula is C16H20Cl3N5S. The topological polar surface area (TPSA) is 76.7 Å². The van der Waals surface area contributed by atoms with Gasteiger partial charge in [-0.3, -0.25) is 4.98 Å². The van der Waals surface area contributed by atoms with Crippen LogP contribution in [0.15, 0.2) is 24.5 Å². The molecule has 3 heterocycles. The lowest BCUT2D eigenvalue weighted by Crippen LogP contribution is -2.17. The molecule has 3 rings (SSSR count). The number of nitrogens with zero attached hydrogens (tertiary/aromatic N) is 3. The van der Waals surface area contributed by atoms with Crippen LogP contribution in [0.5, 0.6) is 0 Å². The number of aromatic nitrogens is 3. The zero-order valence-electron chi connectivity index (χ0n) is 13.8.